The number of piperidine rings is 1. The van der Waals surface area contributed by atoms with Crippen molar-refractivity contribution in [2.45, 2.75) is 45.7 Å². The fourth-order valence-corrected chi connectivity index (χ4v) is 2.11. The maximum atomic E-state index is 12.1. The third-order valence-electron chi connectivity index (χ3n) is 3.20. The summed E-state index contributed by atoms with van der Waals surface area (Å²) in [6.45, 7) is 7.20. The first-order chi connectivity index (χ1) is 6.57. The van der Waals surface area contributed by atoms with Gasteiger partial charge in [0.15, 0.2) is 0 Å². The zero-order valence-electron chi connectivity index (χ0n) is 9.71. The minimum atomic E-state index is 0.177. The van der Waals surface area contributed by atoms with Crippen LogP contribution in [-0.2, 0) is 4.79 Å². The van der Waals surface area contributed by atoms with Crippen molar-refractivity contribution >= 4 is 5.91 Å². The Morgan fingerprint density at radius 2 is 2.07 bits per heavy atom. The molecule has 0 aromatic carbocycles. The quantitative estimate of drug-likeness (QED) is 0.740. The molecule has 2 unspecified atom stereocenters. The van der Waals surface area contributed by atoms with E-state index in [2.05, 4.69) is 26.1 Å². The summed E-state index contributed by atoms with van der Waals surface area (Å²) in [4.78, 5) is 14.1. The normalized spacial score (nSPS) is 25.6. The first-order valence-electron chi connectivity index (χ1n) is 5.55. The lowest BCUT2D eigenvalue weighted by molar-refractivity contribution is -0.141. The van der Waals surface area contributed by atoms with Crippen LogP contribution in [0.4, 0.5) is 0 Å². The van der Waals surface area contributed by atoms with E-state index < -0.39 is 0 Å². The highest BCUT2D eigenvalue weighted by Gasteiger charge is 2.32. The van der Waals surface area contributed by atoms with Crippen LogP contribution in [0.25, 0.3) is 0 Å². The standard InChI is InChI=1S/C11H22N2O/c1-8(2)13-7-5-6-10(11(13)14)9(3)12-4/h8-10,12H,5-7H2,1-4H3. The van der Waals surface area contributed by atoms with Gasteiger partial charge in [0.1, 0.15) is 0 Å². The van der Waals surface area contributed by atoms with Crippen LogP contribution in [0.3, 0.4) is 0 Å². The summed E-state index contributed by atoms with van der Waals surface area (Å²) < 4.78 is 0. The van der Waals surface area contributed by atoms with E-state index in [9.17, 15) is 4.79 Å². The third kappa shape index (κ3) is 2.27. The van der Waals surface area contributed by atoms with Crippen molar-refractivity contribution < 1.29 is 4.79 Å². The molecule has 0 aliphatic carbocycles. The topological polar surface area (TPSA) is 32.3 Å². The Morgan fingerprint density at radius 1 is 1.43 bits per heavy atom. The van der Waals surface area contributed by atoms with Crippen molar-refractivity contribution in [1.29, 1.82) is 0 Å². The van der Waals surface area contributed by atoms with E-state index in [4.69, 9.17) is 0 Å². The summed E-state index contributed by atoms with van der Waals surface area (Å²) in [7, 11) is 1.92. The van der Waals surface area contributed by atoms with Gasteiger partial charge in [0.25, 0.3) is 0 Å². The van der Waals surface area contributed by atoms with Gasteiger partial charge >= 0.3 is 0 Å². The number of hydrogen-bond donors (Lipinski definition) is 1. The van der Waals surface area contributed by atoms with Gasteiger partial charge in [0.05, 0.1) is 5.92 Å². The van der Waals surface area contributed by atoms with Gasteiger partial charge in [-0.1, -0.05) is 0 Å². The van der Waals surface area contributed by atoms with Crippen LogP contribution in [-0.4, -0.2) is 36.5 Å². The number of likely N-dealkylation sites (tertiary alicyclic amines) is 1. The molecular weight excluding hydrogens is 176 g/mol. The van der Waals surface area contributed by atoms with Crippen LogP contribution in [0.2, 0.25) is 0 Å². The molecule has 0 spiro atoms. The van der Waals surface area contributed by atoms with Gasteiger partial charge in [-0.25, -0.2) is 0 Å². The third-order valence-corrected chi connectivity index (χ3v) is 3.20. The SMILES string of the molecule is CNC(C)C1CCCN(C(C)C)C1=O. The second-order valence-electron chi connectivity index (χ2n) is 4.45. The van der Waals surface area contributed by atoms with Crippen LogP contribution < -0.4 is 5.32 Å². The van der Waals surface area contributed by atoms with Crippen LogP contribution >= 0.6 is 0 Å². The first-order valence-corrected chi connectivity index (χ1v) is 5.55. The van der Waals surface area contributed by atoms with Crippen LogP contribution in [0, 0.1) is 5.92 Å². The van der Waals surface area contributed by atoms with Gasteiger partial charge in [-0.2, -0.15) is 0 Å². The number of nitrogens with zero attached hydrogens (tertiary/aromatic N) is 1. The second-order valence-corrected chi connectivity index (χ2v) is 4.45. The number of amides is 1. The smallest absolute Gasteiger partial charge is 0.227 e. The Labute approximate surface area is 86.9 Å². The molecule has 0 aromatic heterocycles. The molecule has 3 nitrogen and oxygen atoms in total. The highest BCUT2D eigenvalue weighted by Crippen LogP contribution is 2.22. The van der Waals surface area contributed by atoms with Gasteiger partial charge in [-0.3, -0.25) is 4.79 Å². The lowest BCUT2D eigenvalue weighted by Crippen LogP contribution is -2.50. The predicted octanol–water partition coefficient (Wildman–Crippen LogP) is 1.24. The molecule has 1 rings (SSSR count). The van der Waals surface area contributed by atoms with E-state index in [1.54, 1.807) is 0 Å². The van der Waals surface area contributed by atoms with Crippen molar-refractivity contribution in [2.75, 3.05) is 13.6 Å². The lowest BCUT2D eigenvalue weighted by Gasteiger charge is -2.37. The molecule has 14 heavy (non-hydrogen) atoms. The molecule has 0 saturated carbocycles. The van der Waals surface area contributed by atoms with Gasteiger partial charge in [-0.05, 0) is 40.7 Å². The summed E-state index contributed by atoms with van der Waals surface area (Å²) in [6, 6.07) is 0.637. The Balaban J connectivity index is 2.66. The Morgan fingerprint density at radius 3 is 2.57 bits per heavy atom. The summed E-state index contributed by atoms with van der Waals surface area (Å²) >= 11 is 0. The number of nitrogens with one attached hydrogen (secondary N) is 1. The zero-order chi connectivity index (χ0) is 10.7. The zero-order valence-corrected chi connectivity index (χ0v) is 9.71. The second kappa shape index (κ2) is 4.78. The van der Waals surface area contributed by atoms with Crippen molar-refractivity contribution in [3.8, 4) is 0 Å². The molecule has 0 radical (unpaired) electrons. The molecule has 1 aliphatic heterocycles. The maximum Gasteiger partial charge on any atom is 0.227 e. The Kier molecular flexibility index (Phi) is 3.93. The van der Waals surface area contributed by atoms with Crippen molar-refractivity contribution in [2.24, 2.45) is 5.92 Å². The van der Waals surface area contributed by atoms with Gasteiger partial charge < -0.3 is 10.2 Å². The lowest BCUT2D eigenvalue weighted by atomic mass is 9.90. The highest BCUT2D eigenvalue weighted by molar-refractivity contribution is 5.80. The Bertz CT molecular complexity index is 203. The summed E-state index contributed by atoms with van der Waals surface area (Å²) in [6.07, 6.45) is 2.17. The summed E-state index contributed by atoms with van der Waals surface area (Å²) in [5.74, 6) is 0.504. The van der Waals surface area contributed by atoms with E-state index >= 15 is 0 Å². The number of hydrogen-bond acceptors (Lipinski definition) is 2. The van der Waals surface area contributed by atoms with Crippen LogP contribution in [0.15, 0.2) is 0 Å². The molecule has 0 bridgehead atoms. The number of carbonyl (C=O) groups excluding carboxylic acids is 1. The van der Waals surface area contributed by atoms with Crippen LogP contribution in [0.5, 0.6) is 0 Å². The average Bonchev–Trinajstić information content (AvgIpc) is 2.16. The summed E-state index contributed by atoms with van der Waals surface area (Å²) in [5, 5.41) is 3.18. The predicted molar refractivity (Wildman–Crippen MR) is 58.1 cm³/mol. The molecule has 1 N–H and O–H groups in total. The minimum Gasteiger partial charge on any atom is -0.340 e. The van der Waals surface area contributed by atoms with E-state index in [1.165, 1.54) is 0 Å². The molecule has 1 heterocycles. The molecule has 1 aliphatic rings. The average molecular weight is 198 g/mol. The molecule has 1 saturated heterocycles. The van der Waals surface area contributed by atoms with E-state index in [0.29, 0.717) is 18.0 Å². The fraction of sp³-hybridized carbons (Fsp3) is 0.909. The molecule has 3 heteroatoms. The fourth-order valence-electron chi connectivity index (χ4n) is 2.11. The highest BCUT2D eigenvalue weighted by atomic mass is 16.2. The van der Waals surface area contributed by atoms with E-state index in [0.717, 1.165) is 19.4 Å². The molecule has 1 fully saturated rings. The minimum absolute atomic E-state index is 0.177. The summed E-state index contributed by atoms with van der Waals surface area (Å²) in [5.41, 5.74) is 0. The molecule has 1 amide bonds. The van der Waals surface area contributed by atoms with E-state index in [1.807, 2.05) is 11.9 Å². The van der Waals surface area contributed by atoms with Gasteiger partial charge in [0.2, 0.25) is 5.91 Å². The molecule has 2 atom stereocenters. The molecule has 82 valence electrons. The van der Waals surface area contributed by atoms with E-state index in [-0.39, 0.29) is 5.92 Å². The first kappa shape index (κ1) is 11.5. The maximum absolute atomic E-state index is 12.1. The number of carbonyl (C=O) groups is 1. The number of rotatable bonds is 3. The van der Waals surface area contributed by atoms with Crippen molar-refractivity contribution in [3.63, 3.8) is 0 Å². The van der Waals surface area contributed by atoms with Crippen molar-refractivity contribution in [3.05, 3.63) is 0 Å². The molecule has 0 aromatic rings. The van der Waals surface area contributed by atoms with Gasteiger partial charge in [-0.15, -0.1) is 0 Å². The largest absolute Gasteiger partial charge is 0.340 e. The van der Waals surface area contributed by atoms with Crippen molar-refractivity contribution in [1.82, 2.24) is 10.2 Å². The van der Waals surface area contributed by atoms with Gasteiger partial charge in [0, 0.05) is 18.6 Å². The molecular formula is C11H22N2O. The van der Waals surface area contributed by atoms with Crippen LogP contribution in [0.1, 0.15) is 33.6 Å². The Hall–Kier alpha value is -0.570. The monoisotopic (exact) mass is 198 g/mol.